The lowest BCUT2D eigenvalue weighted by molar-refractivity contribution is -0.136. The average Bonchev–Trinajstić information content (AvgIpc) is 2.63. The summed E-state index contributed by atoms with van der Waals surface area (Å²) in [6.07, 6.45) is -0.0625. The summed E-state index contributed by atoms with van der Waals surface area (Å²) in [5, 5.41) is 8.67. The van der Waals surface area contributed by atoms with Crippen LogP contribution in [0.3, 0.4) is 0 Å². The molecule has 1 aliphatic rings. The summed E-state index contributed by atoms with van der Waals surface area (Å²) >= 11 is 0. The van der Waals surface area contributed by atoms with Crippen molar-refractivity contribution < 1.29 is 24.1 Å². The Morgan fingerprint density at radius 1 is 1.53 bits per heavy atom. The van der Waals surface area contributed by atoms with Crippen LogP contribution < -0.4 is 14.2 Å². The van der Waals surface area contributed by atoms with E-state index in [-0.39, 0.29) is 13.2 Å². The number of methoxy groups -OCH3 is 1. The Kier molecular flexibility index (Phi) is 2.37. The van der Waals surface area contributed by atoms with Crippen LogP contribution in [0.25, 0.3) is 0 Å². The molecule has 0 atom stereocenters. The first-order valence-electron chi connectivity index (χ1n) is 4.39. The van der Waals surface area contributed by atoms with Gasteiger partial charge in [0.1, 0.15) is 0 Å². The van der Waals surface area contributed by atoms with Crippen molar-refractivity contribution in [2.75, 3.05) is 13.9 Å². The second-order valence-corrected chi connectivity index (χ2v) is 3.10. The van der Waals surface area contributed by atoms with Crippen molar-refractivity contribution in [3.63, 3.8) is 0 Å². The van der Waals surface area contributed by atoms with E-state index in [4.69, 9.17) is 19.3 Å². The van der Waals surface area contributed by atoms with Gasteiger partial charge in [0.2, 0.25) is 12.5 Å². The van der Waals surface area contributed by atoms with E-state index in [1.807, 2.05) is 0 Å². The van der Waals surface area contributed by atoms with Gasteiger partial charge in [-0.2, -0.15) is 0 Å². The molecule has 0 aliphatic carbocycles. The van der Waals surface area contributed by atoms with E-state index in [9.17, 15) is 4.79 Å². The molecule has 1 N–H and O–H groups in total. The third kappa shape index (κ3) is 1.81. The van der Waals surface area contributed by atoms with E-state index in [1.165, 1.54) is 7.11 Å². The minimum absolute atomic E-state index is 0.0625. The maximum Gasteiger partial charge on any atom is 0.307 e. The molecule has 15 heavy (non-hydrogen) atoms. The van der Waals surface area contributed by atoms with Crippen LogP contribution in [0, 0.1) is 0 Å². The zero-order valence-corrected chi connectivity index (χ0v) is 8.15. The van der Waals surface area contributed by atoms with Gasteiger partial charge in [0.05, 0.1) is 13.5 Å². The molecule has 80 valence electrons. The number of rotatable bonds is 3. The van der Waals surface area contributed by atoms with Gasteiger partial charge < -0.3 is 19.3 Å². The summed E-state index contributed by atoms with van der Waals surface area (Å²) in [5.41, 5.74) is 0.628. The number of hydrogen-bond donors (Lipinski definition) is 1. The number of aliphatic carboxylic acids is 1. The molecule has 0 unspecified atom stereocenters. The first-order valence-corrected chi connectivity index (χ1v) is 4.39. The third-order valence-electron chi connectivity index (χ3n) is 2.07. The van der Waals surface area contributed by atoms with Crippen LogP contribution in [0.1, 0.15) is 5.56 Å². The molecule has 0 bridgehead atoms. The molecule has 0 fully saturated rings. The Morgan fingerprint density at radius 3 is 3.00 bits per heavy atom. The van der Waals surface area contributed by atoms with Crippen molar-refractivity contribution in [1.29, 1.82) is 0 Å². The van der Waals surface area contributed by atoms with E-state index in [0.29, 0.717) is 22.8 Å². The summed E-state index contributed by atoms with van der Waals surface area (Å²) in [6, 6.07) is 3.29. The van der Waals surface area contributed by atoms with E-state index in [2.05, 4.69) is 0 Å². The van der Waals surface area contributed by atoms with Crippen molar-refractivity contribution in [3.8, 4) is 17.2 Å². The molecule has 0 saturated carbocycles. The molecule has 1 aliphatic heterocycles. The molecule has 0 spiro atoms. The predicted molar refractivity (Wildman–Crippen MR) is 50.5 cm³/mol. The van der Waals surface area contributed by atoms with Gasteiger partial charge in [-0.15, -0.1) is 0 Å². The van der Waals surface area contributed by atoms with Gasteiger partial charge in [-0.05, 0) is 17.7 Å². The Labute approximate surface area is 86.2 Å². The number of hydrogen-bond acceptors (Lipinski definition) is 4. The molecule has 5 heteroatoms. The fourth-order valence-corrected chi connectivity index (χ4v) is 1.46. The van der Waals surface area contributed by atoms with Crippen molar-refractivity contribution in [3.05, 3.63) is 17.7 Å². The molecule has 1 aromatic rings. The minimum atomic E-state index is -0.893. The van der Waals surface area contributed by atoms with Gasteiger partial charge >= 0.3 is 5.97 Å². The van der Waals surface area contributed by atoms with Crippen LogP contribution in [0.2, 0.25) is 0 Å². The van der Waals surface area contributed by atoms with Crippen LogP contribution in [0.15, 0.2) is 12.1 Å². The highest BCUT2D eigenvalue weighted by atomic mass is 16.7. The standard InChI is InChI=1S/C10H10O5/c1-13-7-2-6(4-9(11)12)3-8-10(7)15-5-14-8/h2-3H,4-5H2,1H3,(H,11,12). The number of carboxylic acid groups (broad SMARTS) is 1. The number of benzene rings is 1. The maximum atomic E-state index is 10.6. The van der Waals surface area contributed by atoms with Crippen molar-refractivity contribution >= 4 is 5.97 Å². The normalized spacial score (nSPS) is 12.6. The van der Waals surface area contributed by atoms with Gasteiger partial charge in [-0.3, -0.25) is 4.79 Å². The smallest absolute Gasteiger partial charge is 0.307 e. The third-order valence-corrected chi connectivity index (χ3v) is 2.07. The van der Waals surface area contributed by atoms with Crippen LogP contribution in [0.4, 0.5) is 0 Å². The minimum Gasteiger partial charge on any atom is -0.493 e. The molecule has 1 aromatic carbocycles. The first kappa shape index (κ1) is 9.64. The lowest BCUT2D eigenvalue weighted by Gasteiger charge is -2.06. The topological polar surface area (TPSA) is 65.0 Å². The predicted octanol–water partition coefficient (Wildman–Crippen LogP) is 1.05. The van der Waals surface area contributed by atoms with E-state index in [0.717, 1.165) is 0 Å². The first-order chi connectivity index (χ1) is 7.20. The molecule has 0 radical (unpaired) electrons. The van der Waals surface area contributed by atoms with Gasteiger partial charge in [0.25, 0.3) is 0 Å². The molecule has 2 rings (SSSR count). The Balaban J connectivity index is 2.38. The zero-order valence-electron chi connectivity index (χ0n) is 8.15. The Bertz CT molecular complexity index is 399. The Hall–Kier alpha value is -1.91. The zero-order chi connectivity index (χ0) is 10.8. The summed E-state index contributed by atoms with van der Waals surface area (Å²) < 4.78 is 15.4. The van der Waals surface area contributed by atoms with E-state index < -0.39 is 5.97 Å². The monoisotopic (exact) mass is 210 g/mol. The lowest BCUT2D eigenvalue weighted by atomic mass is 10.1. The molecule has 1 heterocycles. The average molecular weight is 210 g/mol. The molecule has 0 amide bonds. The lowest BCUT2D eigenvalue weighted by Crippen LogP contribution is -2.00. The number of carbonyl (C=O) groups is 1. The fraction of sp³-hybridized carbons (Fsp3) is 0.300. The molecule has 0 saturated heterocycles. The second kappa shape index (κ2) is 3.68. The summed E-state index contributed by atoms with van der Waals surface area (Å²) in [5.74, 6) is 0.675. The van der Waals surface area contributed by atoms with Gasteiger partial charge in [-0.1, -0.05) is 0 Å². The summed E-state index contributed by atoms with van der Waals surface area (Å²) in [6.45, 7) is 0.141. The van der Waals surface area contributed by atoms with Crippen LogP contribution in [-0.2, 0) is 11.2 Å². The largest absolute Gasteiger partial charge is 0.493 e. The Morgan fingerprint density at radius 2 is 2.33 bits per heavy atom. The second-order valence-electron chi connectivity index (χ2n) is 3.10. The van der Waals surface area contributed by atoms with Crippen molar-refractivity contribution in [2.45, 2.75) is 6.42 Å². The molecule has 0 aromatic heterocycles. The highest BCUT2D eigenvalue weighted by Crippen LogP contribution is 2.41. The van der Waals surface area contributed by atoms with E-state index >= 15 is 0 Å². The SMILES string of the molecule is COc1cc(CC(=O)O)cc2c1OCO2. The number of ether oxygens (including phenoxy) is 3. The quantitative estimate of drug-likeness (QED) is 0.807. The van der Waals surface area contributed by atoms with Gasteiger partial charge in [0, 0.05) is 0 Å². The molecule has 5 nitrogen and oxygen atoms in total. The number of carboxylic acids is 1. The van der Waals surface area contributed by atoms with Crippen molar-refractivity contribution in [1.82, 2.24) is 0 Å². The van der Waals surface area contributed by atoms with Crippen LogP contribution >= 0.6 is 0 Å². The summed E-state index contributed by atoms with van der Waals surface area (Å²) in [7, 11) is 1.50. The van der Waals surface area contributed by atoms with Crippen LogP contribution in [-0.4, -0.2) is 25.0 Å². The number of fused-ring (bicyclic) bond motifs is 1. The maximum absolute atomic E-state index is 10.6. The van der Waals surface area contributed by atoms with Gasteiger partial charge in [-0.25, -0.2) is 0 Å². The fourth-order valence-electron chi connectivity index (χ4n) is 1.46. The molecular weight excluding hydrogens is 200 g/mol. The summed E-state index contributed by atoms with van der Waals surface area (Å²) in [4.78, 5) is 10.6. The van der Waals surface area contributed by atoms with Crippen molar-refractivity contribution in [2.24, 2.45) is 0 Å². The van der Waals surface area contributed by atoms with E-state index in [1.54, 1.807) is 12.1 Å². The van der Waals surface area contributed by atoms with Gasteiger partial charge in [0.15, 0.2) is 11.5 Å². The van der Waals surface area contributed by atoms with Crippen LogP contribution in [0.5, 0.6) is 17.2 Å². The molecular formula is C10H10O5. The highest BCUT2D eigenvalue weighted by Gasteiger charge is 2.20. The highest BCUT2D eigenvalue weighted by molar-refractivity contribution is 5.71.